The maximum atomic E-state index is 10.7. The number of benzene rings is 1. The molecule has 0 radical (unpaired) electrons. The van der Waals surface area contributed by atoms with E-state index in [-0.39, 0.29) is 0 Å². The number of anilines is 1. The van der Waals surface area contributed by atoms with Gasteiger partial charge in [-0.15, -0.1) is 0 Å². The number of halogens is 1. The highest BCUT2D eigenvalue weighted by atomic mass is 35.5. The Bertz CT molecular complexity index is 420. The molecule has 1 unspecified atom stereocenters. The van der Waals surface area contributed by atoms with Gasteiger partial charge in [-0.1, -0.05) is 11.6 Å². The minimum absolute atomic E-state index is 0.524. The fourth-order valence-corrected chi connectivity index (χ4v) is 2.70. The summed E-state index contributed by atoms with van der Waals surface area (Å²) in [6.07, 6.45) is 3.17. The SMILES string of the molecule is COCC1CCCN(c2ccc(C=O)c(Cl)c2)C1. The Morgan fingerprint density at radius 2 is 2.39 bits per heavy atom. The van der Waals surface area contributed by atoms with Crippen LogP contribution < -0.4 is 4.90 Å². The van der Waals surface area contributed by atoms with Crippen molar-refractivity contribution in [1.82, 2.24) is 0 Å². The van der Waals surface area contributed by atoms with Crippen LogP contribution in [0.4, 0.5) is 5.69 Å². The van der Waals surface area contributed by atoms with Crippen molar-refractivity contribution in [3.8, 4) is 0 Å². The molecule has 0 amide bonds. The van der Waals surface area contributed by atoms with Crippen molar-refractivity contribution in [3.05, 3.63) is 28.8 Å². The summed E-state index contributed by atoms with van der Waals surface area (Å²) in [5.74, 6) is 0.577. The van der Waals surface area contributed by atoms with Crippen molar-refractivity contribution >= 4 is 23.6 Å². The van der Waals surface area contributed by atoms with E-state index in [4.69, 9.17) is 16.3 Å². The van der Waals surface area contributed by atoms with E-state index >= 15 is 0 Å². The molecule has 1 aromatic carbocycles. The van der Waals surface area contributed by atoms with Crippen LogP contribution >= 0.6 is 11.6 Å². The van der Waals surface area contributed by atoms with Gasteiger partial charge in [0.1, 0.15) is 0 Å². The van der Waals surface area contributed by atoms with Gasteiger partial charge in [0, 0.05) is 31.5 Å². The molecule has 0 bridgehead atoms. The largest absolute Gasteiger partial charge is 0.384 e. The Morgan fingerprint density at radius 1 is 1.56 bits per heavy atom. The second-order valence-corrected chi connectivity index (χ2v) is 5.14. The molecule has 4 heteroatoms. The number of piperidine rings is 1. The Morgan fingerprint density at radius 3 is 3.06 bits per heavy atom. The quantitative estimate of drug-likeness (QED) is 0.786. The van der Waals surface area contributed by atoms with E-state index in [9.17, 15) is 4.79 Å². The number of ether oxygens (including phenoxy) is 1. The third-order valence-electron chi connectivity index (χ3n) is 3.40. The average Bonchev–Trinajstić information content (AvgIpc) is 2.39. The van der Waals surface area contributed by atoms with Crippen LogP contribution in [0.3, 0.4) is 0 Å². The molecule has 1 aliphatic heterocycles. The summed E-state index contributed by atoms with van der Waals surface area (Å²) in [6, 6.07) is 5.62. The third-order valence-corrected chi connectivity index (χ3v) is 3.72. The van der Waals surface area contributed by atoms with Crippen molar-refractivity contribution in [2.45, 2.75) is 12.8 Å². The molecule has 1 saturated heterocycles. The molecular weight excluding hydrogens is 250 g/mol. The molecule has 1 fully saturated rings. The summed E-state index contributed by atoms with van der Waals surface area (Å²) in [7, 11) is 1.74. The van der Waals surface area contributed by atoms with Gasteiger partial charge < -0.3 is 9.64 Å². The van der Waals surface area contributed by atoms with Gasteiger partial charge in [0.15, 0.2) is 6.29 Å². The summed E-state index contributed by atoms with van der Waals surface area (Å²) in [6.45, 7) is 2.83. The third kappa shape index (κ3) is 3.03. The predicted octanol–water partition coefficient (Wildman–Crippen LogP) is 3.02. The van der Waals surface area contributed by atoms with Crippen LogP contribution in [-0.2, 0) is 4.74 Å². The molecule has 1 atom stereocenters. The first-order valence-corrected chi connectivity index (χ1v) is 6.61. The van der Waals surface area contributed by atoms with Crippen LogP contribution in [0.15, 0.2) is 18.2 Å². The van der Waals surface area contributed by atoms with Crippen molar-refractivity contribution in [3.63, 3.8) is 0 Å². The van der Waals surface area contributed by atoms with Gasteiger partial charge in [0.05, 0.1) is 11.6 Å². The Hall–Kier alpha value is -1.06. The topological polar surface area (TPSA) is 29.5 Å². The van der Waals surface area contributed by atoms with Gasteiger partial charge >= 0.3 is 0 Å². The number of hydrogen-bond acceptors (Lipinski definition) is 3. The maximum Gasteiger partial charge on any atom is 0.151 e. The molecule has 3 nitrogen and oxygen atoms in total. The second kappa shape index (κ2) is 6.21. The van der Waals surface area contributed by atoms with Gasteiger partial charge in [0.25, 0.3) is 0 Å². The van der Waals surface area contributed by atoms with E-state index in [0.29, 0.717) is 16.5 Å². The lowest BCUT2D eigenvalue weighted by molar-refractivity contribution is 0.112. The summed E-state index contributed by atoms with van der Waals surface area (Å²) >= 11 is 6.06. The number of hydrogen-bond donors (Lipinski definition) is 0. The van der Waals surface area contributed by atoms with E-state index in [1.807, 2.05) is 12.1 Å². The molecular formula is C14H18ClNO2. The molecule has 1 aliphatic rings. The van der Waals surface area contributed by atoms with Gasteiger partial charge in [-0.05, 0) is 37.0 Å². The molecule has 0 N–H and O–H groups in total. The highest BCUT2D eigenvalue weighted by Crippen LogP contribution is 2.27. The van der Waals surface area contributed by atoms with Crippen molar-refractivity contribution < 1.29 is 9.53 Å². The fourth-order valence-electron chi connectivity index (χ4n) is 2.48. The van der Waals surface area contributed by atoms with Gasteiger partial charge in [0.2, 0.25) is 0 Å². The van der Waals surface area contributed by atoms with Crippen molar-refractivity contribution in [2.75, 3.05) is 31.7 Å². The van der Waals surface area contributed by atoms with Crippen molar-refractivity contribution in [2.24, 2.45) is 5.92 Å². The Labute approximate surface area is 113 Å². The summed E-state index contributed by atoms with van der Waals surface area (Å²) in [4.78, 5) is 13.1. The van der Waals surface area contributed by atoms with Crippen LogP contribution in [0.2, 0.25) is 5.02 Å². The predicted molar refractivity (Wildman–Crippen MR) is 73.7 cm³/mol. The highest BCUT2D eigenvalue weighted by Gasteiger charge is 2.20. The number of methoxy groups -OCH3 is 1. The number of carbonyl (C=O) groups is 1. The average molecular weight is 268 g/mol. The minimum Gasteiger partial charge on any atom is -0.384 e. The Balaban J connectivity index is 2.10. The zero-order valence-electron chi connectivity index (χ0n) is 10.6. The molecule has 0 aliphatic carbocycles. The first-order valence-electron chi connectivity index (χ1n) is 6.23. The van der Waals surface area contributed by atoms with Crippen LogP contribution in [0.5, 0.6) is 0 Å². The summed E-state index contributed by atoms with van der Waals surface area (Å²) < 4.78 is 5.23. The minimum atomic E-state index is 0.524. The van der Waals surface area contributed by atoms with E-state index in [0.717, 1.165) is 31.7 Å². The lowest BCUT2D eigenvalue weighted by Crippen LogP contribution is -2.37. The van der Waals surface area contributed by atoms with E-state index < -0.39 is 0 Å². The summed E-state index contributed by atoms with van der Waals surface area (Å²) in [5.41, 5.74) is 1.64. The van der Waals surface area contributed by atoms with E-state index in [1.54, 1.807) is 13.2 Å². The van der Waals surface area contributed by atoms with Crippen LogP contribution in [0.25, 0.3) is 0 Å². The van der Waals surface area contributed by atoms with Gasteiger partial charge in [-0.25, -0.2) is 0 Å². The molecule has 0 saturated carbocycles. The van der Waals surface area contributed by atoms with E-state index in [2.05, 4.69) is 4.90 Å². The first-order chi connectivity index (χ1) is 8.74. The summed E-state index contributed by atoms with van der Waals surface area (Å²) in [5, 5.41) is 0.524. The molecule has 0 spiro atoms. The first kappa shape index (κ1) is 13.4. The van der Waals surface area contributed by atoms with Crippen LogP contribution in [-0.4, -0.2) is 33.1 Å². The Kier molecular flexibility index (Phi) is 4.61. The molecule has 2 rings (SSSR count). The number of carbonyl (C=O) groups excluding carboxylic acids is 1. The molecule has 1 aromatic rings. The zero-order chi connectivity index (χ0) is 13.0. The monoisotopic (exact) mass is 267 g/mol. The van der Waals surface area contributed by atoms with Gasteiger partial charge in [-0.2, -0.15) is 0 Å². The number of nitrogens with zero attached hydrogens (tertiary/aromatic N) is 1. The van der Waals surface area contributed by atoms with E-state index in [1.165, 1.54) is 12.8 Å². The second-order valence-electron chi connectivity index (χ2n) is 4.73. The normalized spacial score (nSPS) is 19.9. The van der Waals surface area contributed by atoms with Crippen LogP contribution in [0, 0.1) is 5.92 Å². The standard InChI is InChI=1S/C14H18ClNO2/c1-18-10-11-3-2-6-16(8-11)13-5-4-12(9-17)14(15)7-13/h4-5,7,9,11H,2-3,6,8,10H2,1H3. The molecule has 18 heavy (non-hydrogen) atoms. The van der Waals surface area contributed by atoms with Crippen LogP contribution in [0.1, 0.15) is 23.2 Å². The lowest BCUT2D eigenvalue weighted by Gasteiger charge is -2.34. The molecule has 98 valence electrons. The maximum absolute atomic E-state index is 10.7. The smallest absolute Gasteiger partial charge is 0.151 e. The molecule has 0 aromatic heterocycles. The molecule has 1 heterocycles. The van der Waals surface area contributed by atoms with Crippen molar-refractivity contribution in [1.29, 1.82) is 0 Å². The fraction of sp³-hybridized carbons (Fsp3) is 0.500. The van der Waals surface area contributed by atoms with Gasteiger partial charge in [-0.3, -0.25) is 4.79 Å². The number of rotatable bonds is 4. The number of aldehydes is 1. The highest BCUT2D eigenvalue weighted by molar-refractivity contribution is 6.33. The zero-order valence-corrected chi connectivity index (χ0v) is 11.3. The lowest BCUT2D eigenvalue weighted by atomic mass is 9.98.